The highest BCUT2D eigenvalue weighted by atomic mass is 14.0. The van der Waals surface area contributed by atoms with Crippen LogP contribution in [0.25, 0.3) is 6.08 Å². The van der Waals surface area contributed by atoms with E-state index in [4.69, 9.17) is 0 Å². The molecule has 0 nitrogen and oxygen atoms in total. The number of allylic oxidation sites excluding steroid dienone is 3. The predicted molar refractivity (Wildman–Crippen MR) is 64.4 cm³/mol. The molecular weight excluding hydrogens is 168 g/mol. The van der Waals surface area contributed by atoms with Gasteiger partial charge in [-0.2, -0.15) is 0 Å². The van der Waals surface area contributed by atoms with Gasteiger partial charge in [0.05, 0.1) is 0 Å². The molecular formula is C14H18. The van der Waals surface area contributed by atoms with Gasteiger partial charge in [0.1, 0.15) is 0 Å². The molecule has 0 fully saturated rings. The van der Waals surface area contributed by atoms with E-state index in [0.717, 1.165) is 6.42 Å². The molecule has 0 unspecified atom stereocenters. The molecule has 0 saturated carbocycles. The highest BCUT2D eigenvalue weighted by Gasteiger charge is 1.92. The number of hydrogen-bond donors (Lipinski definition) is 0. The minimum Gasteiger partial charge on any atom is -0.0848 e. The highest BCUT2D eigenvalue weighted by Crippen LogP contribution is 2.11. The maximum atomic E-state index is 2.21. The van der Waals surface area contributed by atoms with Crippen molar-refractivity contribution in [1.29, 1.82) is 0 Å². The number of benzene rings is 1. The van der Waals surface area contributed by atoms with Gasteiger partial charge in [-0.3, -0.25) is 0 Å². The summed E-state index contributed by atoms with van der Waals surface area (Å²) in [5, 5.41) is 0. The second-order valence-electron chi connectivity index (χ2n) is 3.56. The van der Waals surface area contributed by atoms with E-state index < -0.39 is 0 Å². The van der Waals surface area contributed by atoms with E-state index in [0.29, 0.717) is 0 Å². The van der Waals surface area contributed by atoms with Crippen LogP contribution in [-0.4, -0.2) is 0 Å². The maximum absolute atomic E-state index is 2.21. The zero-order valence-corrected chi connectivity index (χ0v) is 9.25. The van der Waals surface area contributed by atoms with Gasteiger partial charge < -0.3 is 0 Å². The Labute approximate surface area is 87.0 Å². The number of hydrogen-bond acceptors (Lipinski definition) is 0. The Hall–Kier alpha value is -1.30. The lowest BCUT2D eigenvalue weighted by Crippen LogP contribution is -1.81. The Balaban J connectivity index is 2.77. The fraction of sp³-hybridized carbons (Fsp3) is 0.286. The Kier molecular flexibility index (Phi) is 4.18. The zero-order chi connectivity index (χ0) is 10.4. The fourth-order valence-electron chi connectivity index (χ4n) is 1.39. The Bertz CT molecular complexity index is 343. The van der Waals surface area contributed by atoms with Crippen molar-refractivity contribution in [3.63, 3.8) is 0 Å². The molecule has 1 aromatic rings. The van der Waals surface area contributed by atoms with Gasteiger partial charge in [-0.1, -0.05) is 55.0 Å². The minimum absolute atomic E-state index is 1.09. The SMILES string of the molecule is CC/C=C/C=C\c1ccc(C)cc1C. The van der Waals surface area contributed by atoms with Crippen LogP contribution in [0, 0.1) is 13.8 Å². The molecule has 0 spiro atoms. The first-order chi connectivity index (χ1) is 6.74. The lowest BCUT2D eigenvalue weighted by atomic mass is 10.1. The van der Waals surface area contributed by atoms with Crippen molar-refractivity contribution in [1.82, 2.24) is 0 Å². The van der Waals surface area contributed by atoms with Crippen molar-refractivity contribution in [3.8, 4) is 0 Å². The first-order valence-electron chi connectivity index (χ1n) is 5.14. The van der Waals surface area contributed by atoms with Crippen molar-refractivity contribution >= 4 is 6.08 Å². The van der Waals surface area contributed by atoms with E-state index in [1.54, 1.807) is 0 Å². The van der Waals surface area contributed by atoms with Crippen molar-refractivity contribution < 1.29 is 0 Å². The van der Waals surface area contributed by atoms with Gasteiger partial charge in [0.15, 0.2) is 0 Å². The van der Waals surface area contributed by atoms with Gasteiger partial charge in [0, 0.05) is 0 Å². The molecule has 0 saturated heterocycles. The largest absolute Gasteiger partial charge is 0.0848 e. The molecule has 0 radical (unpaired) electrons. The van der Waals surface area contributed by atoms with Crippen LogP contribution in [0.15, 0.2) is 36.4 Å². The van der Waals surface area contributed by atoms with Crippen LogP contribution >= 0.6 is 0 Å². The molecule has 0 aromatic heterocycles. The summed E-state index contributed by atoms with van der Waals surface area (Å²) in [6, 6.07) is 6.53. The molecule has 0 aliphatic carbocycles. The van der Waals surface area contributed by atoms with Gasteiger partial charge >= 0.3 is 0 Å². The lowest BCUT2D eigenvalue weighted by molar-refractivity contribution is 1.22. The van der Waals surface area contributed by atoms with E-state index in [9.17, 15) is 0 Å². The molecule has 74 valence electrons. The first-order valence-corrected chi connectivity index (χ1v) is 5.14. The quantitative estimate of drug-likeness (QED) is 0.618. The molecule has 1 aromatic carbocycles. The monoisotopic (exact) mass is 186 g/mol. The summed E-state index contributed by atoms with van der Waals surface area (Å²) < 4.78 is 0. The van der Waals surface area contributed by atoms with Gasteiger partial charge in [-0.05, 0) is 31.4 Å². The smallest absolute Gasteiger partial charge is 0.0227 e. The third kappa shape index (κ3) is 3.21. The summed E-state index contributed by atoms with van der Waals surface area (Å²) in [5.74, 6) is 0. The van der Waals surface area contributed by atoms with Crippen LogP contribution in [0.4, 0.5) is 0 Å². The van der Waals surface area contributed by atoms with Crippen LogP contribution in [-0.2, 0) is 0 Å². The van der Waals surface area contributed by atoms with E-state index in [1.165, 1.54) is 16.7 Å². The lowest BCUT2D eigenvalue weighted by Gasteiger charge is -2.00. The molecule has 1 rings (SSSR count). The molecule has 0 aliphatic rings. The molecule has 0 N–H and O–H groups in total. The second-order valence-corrected chi connectivity index (χ2v) is 3.56. The van der Waals surface area contributed by atoms with E-state index in [2.05, 4.69) is 63.3 Å². The summed E-state index contributed by atoms with van der Waals surface area (Å²) in [5.41, 5.74) is 3.96. The van der Waals surface area contributed by atoms with Crippen molar-refractivity contribution in [3.05, 3.63) is 53.1 Å². The predicted octanol–water partition coefficient (Wildman–Crippen LogP) is 4.28. The van der Waals surface area contributed by atoms with E-state index >= 15 is 0 Å². The average molecular weight is 186 g/mol. The van der Waals surface area contributed by atoms with Crippen LogP contribution in [0.5, 0.6) is 0 Å². The Morgan fingerprint density at radius 1 is 1.14 bits per heavy atom. The van der Waals surface area contributed by atoms with Crippen molar-refractivity contribution in [2.75, 3.05) is 0 Å². The third-order valence-corrected chi connectivity index (χ3v) is 2.18. The normalized spacial score (nSPS) is 11.6. The van der Waals surface area contributed by atoms with Crippen LogP contribution in [0.1, 0.15) is 30.0 Å². The average Bonchev–Trinajstić information content (AvgIpc) is 2.15. The maximum Gasteiger partial charge on any atom is -0.0227 e. The van der Waals surface area contributed by atoms with Crippen molar-refractivity contribution in [2.45, 2.75) is 27.2 Å². The second kappa shape index (κ2) is 5.43. The molecule has 14 heavy (non-hydrogen) atoms. The van der Waals surface area contributed by atoms with Gasteiger partial charge in [-0.25, -0.2) is 0 Å². The summed E-state index contributed by atoms with van der Waals surface area (Å²) in [7, 11) is 0. The molecule has 0 heteroatoms. The molecule has 0 aliphatic heterocycles. The standard InChI is InChI=1S/C14H18/c1-4-5-6-7-8-14-10-9-12(2)11-13(14)3/h5-11H,4H2,1-3H3/b6-5+,8-7-. The van der Waals surface area contributed by atoms with Gasteiger partial charge in [0.25, 0.3) is 0 Å². The Morgan fingerprint density at radius 2 is 1.93 bits per heavy atom. The minimum atomic E-state index is 1.09. The Morgan fingerprint density at radius 3 is 2.57 bits per heavy atom. The summed E-state index contributed by atoms with van der Waals surface area (Å²) in [6.45, 7) is 6.41. The zero-order valence-electron chi connectivity index (χ0n) is 9.25. The molecule has 0 bridgehead atoms. The fourth-order valence-corrected chi connectivity index (χ4v) is 1.39. The summed E-state index contributed by atoms with van der Waals surface area (Å²) in [4.78, 5) is 0. The number of aryl methyl sites for hydroxylation is 2. The van der Waals surface area contributed by atoms with Crippen molar-refractivity contribution in [2.24, 2.45) is 0 Å². The van der Waals surface area contributed by atoms with Gasteiger partial charge in [0.2, 0.25) is 0 Å². The summed E-state index contributed by atoms with van der Waals surface area (Å²) >= 11 is 0. The van der Waals surface area contributed by atoms with E-state index in [-0.39, 0.29) is 0 Å². The topological polar surface area (TPSA) is 0 Å². The van der Waals surface area contributed by atoms with Crippen LogP contribution < -0.4 is 0 Å². The van der Waals surface area contributed by atoms with Crippen LogP contribution in [0.3, 0.4) is 0 Å². The van der Waals surface area contributed by atoms with Gasteiger partial charge in [-0.15, -0.1) is 0 Å². The highest BCUT2D eigenvalue weighted by molar-refractivity contribution is 5.55. The van der Waals surface area contributed by atoms with Crippen LogP contribution in [0.2, 0.25) is 0 Å². The first kappa shape index (κ1) is 10.8. The molecule has 0 amide bonds. The molecule has 0 heterocycles. The summed E-state index contributed by atoms with van der Waals surface area (Å²) in [6.07, 6.45) is 9.60. The van der Waals surface area contributed by atoms with E-state index in [1.807, 2.05) is 0 Å². The number of rotatable bonds is 3. The third-order valence-electron chi connectivity index (χ3n) is 2.18. The molecule has 0 atom stereocenters.